The van der Waals surface area contributed by atoms with E-state index in [1.807, 2.05) is 18.2 Å². The summed E-state index contributed by atoms with van der Waals surface area (Å²) in [4.78, 5) is 13.4. The molecule has 2 N–H and O–H groups in total. The molecule has 25 heavy (non-hydrogen) atoms. The molecule has 2 heterocycles. The highest BCUT2D eigenvalue weighted by Gasteiger charge is 2.42. The largest absolute Gasteiger partial charge is 0.476 e. The lowest BCUT2D eigenvalue weighted by Gasteiger charge is -2.21. The number of nitrogens with zero attached hydrogens (tertiary/aromatic N) is 3. The number of halogens is 2. The number of aromatic amines is 1. The molecule has 1 aromatic heterocycles. The molecule has 132 valence electrons. The number of hydrogen-bond donors (Lipinski definition) is 2. The van der Waals surface area contributed by atoms with Gasteiger partial charge in [-0.3, -0.25) is 0 Å². The second-order valence-corrected chi connectivity index (χ2v) is 7.35. The van der Waals surface area contributed by atoms with Crippen LogP contribution in [-0.4, -0.2) is 45.7 Å². The first kappa shape index (κ1) is 16.5. The first-order chi connectivity index (χ1) is 12.0. The summed E-state index contributed by atoms with van der Waals surface area (Å²) < 4.78 is 5.78. The fourth-order valence-corrected chi connectivity index (χ4v) is 4.12. The first-order valence-electron chi connectivity index (χ1n) is 8.02. The summed E-state index contributed by atoms with van der Waals surface area (Å²) in [7, 11) is 0. The molecule has 1 saturated heterocycles. The summed E-state index contributed by atoms with van der Waals surface area (Å²) >= 11 is 12.1. The van der Waals surface area contributed by atoms with Crippen LogP contribution >= 0.6 is 23.2 Å². The quantitative estimate of drug-likeness (QED) is 0.843. The standard InChI is InChI=1S/C16H16Cl2N4O3/c17-12-2-1-10(5-13(12)18)22-6-8-3-11(4-9(8)7-22)25-15-14(16(23)24)19-21-20-15/h1-2,5,8-9,11H,3-4,6-7H2,(H,23,24)(H,19,20,21)/t8-,9+,11?. The predicted octanol–water partition coefficient (Wildman–Crippen LogP) is 3.10. The lowest BCUT2D eigenvalue weighted by atomic mass is 10.0. The van der Waals surface area contributed by atoms with Gasteiger partial charge in [-0.05, 0) is 42.9 Å². The Morgan fingerprint density at radius 1 is 1.24 bits per heavy atom. The van der Waals surface area contributed by atoms with E-state index in [9.17, 15) is 4.79 Å². The second kappa shape index (κ2) is 6.38. The number of H-pyrrole nitrogens is 1. The molecule has 1 aliphatic carbocycles. The summed E-state index contributed by atoms with van der Waals surface area (Å²) in [5.41, 5.74) is 0.973. The lowest BCUT2D eigenvalue weighted by Crippen LogP contribution is -2.24. The Balaban J connectivity index is 1.39. The van der Waals surface area contributed by atoms with Gasteiger partial charge in [0.25, 0.3) is 5.88 Å². The minimum Gasteiger partial charge on any atom is -0.476 e. The summed E-state index contributed by atoms with van der Waals surface area (Å²) in [6, 6.07) is 5.70. The Bertz CT molecular complexity index is 798. The highest BCUT2D eigenvalue weighted by molar-refractivity contribution is 6.42. The number of aromatic nitrogens is 3. The van der Waals surface area contributed by atoms with Crippen molar-refractivity contribution in [3.63, 3.8) is 0 Å². The number of ether oxygens (including phenoxy) is 1. The zero-order chi connectivity index (χ0) is 17.6. The van der Waals surface area contributed by atoms with Crippen LogP contribution < -0.4 is 9.64 Å². The van der Waals surface area contributed by atoms with Crippen LogP contribution in [0.15, 0.2) is 18.2 Å². The van der Waals surface area contributed by atoms with Crippen molar-refractivity contribution in [2.45, 2.75) is 18.9 Å². The van der Waals surface area contributed by atoms with E-state index in [-0.39, 0.29) is 17.7 Å². The maximum absolute atomic E-state index is 11.1. The van der Waals surface area contributed by atoms with Gasteiger partial charge in [0, 0.05) is 18.8 Å². The van der Waals surface area contributed by atoms with Gasteiger partial charge in [0.15, 0.2) is 0 Å². The number of nitrogens with one attached hydrogen (secondary N) is 1. The molecule has 2 aliphatic rings. The molecule has 3 atom stereocenters. The topological polar surface area (TPSA) is 91.3 Å². The number of benzene rings is 1. The summed E-state index contributed by atoms with van der Waals surface area (Å²) in [5.74, 6) is -0.0536. The van der Waals surface area contributed by atoms with Gasteiger partial charge in [-0.1, -0.05) is 33.5 Å². The fourth-order valence-electron chi connectivity index (χ4n) is 3.83. The van der Waals surface area contributed by atoms with Gasteiger partial charge in [0.2, 0.25) is 5.69 Å². The van der Waals surface area contributed by atoms with Gasteiger partial charge in [-0.25, -0.2) is 9.89 Å². The van der Waals surface area contributed by atoms with Crippen molar-refractivity contribution in [1.29, 1.82) is 0 Å². The van der Waals surface area contributed by atoms with Crippen molar-refractivity contribution in [1.82, 2.24) is 15.4 Å². The van der Waals surface area contributed by atoms with E-state index < -0.39 is 5.97 Å². The van der Waals surface area contributed by atoms with Crippen LogP contribution in [0.5, 0.6) is 5.88 Å². The molecule has 0 bridgehead atoms. The van der Waals surface area contributed by atoms with Gasteiger partial charge >= 0.3 is 5.97 Å². The molecule has 0 amide bonds. The van der Waals surface area contributed by atoms with E-state index in [1.165, 1.54) is 0 Å². The van der Waals surface area contributed by atoms with Crippen LogP contribution in [0.2, 0.25) is 10.0 Å². The molecule has 1 aromatic carbocycles. The number of anilines is 1. The molecule has 2 fully saturated rings. The van der Waals surface area contributed by atoms with Crippen molar-refractivity contribution in [2.75, 3.05) is 18.0 Å². The van der Waals surface area contributed by atoms with E-state index in [4.69, 9.17) is 33.0 Å². The Hall–Kier alpha value is -1.99. The van der Waals surface area contributed by atoms with Gasteiger partial charge in [0.05, 0.1) is 10.0 Å². The number of carbonyl (C=O) groups is 1. The Morgan fingerprint density at radius 3 is 2.60 bits per heavy atom. The van der Waals surface area contributed by atoms with E-state index in [0.29, 0.717) is 21.9 Å². The minimum absolute atomic E-state index is 0.0332. The number of rotatable bonds is 4. The molecule has 0 radical (unpaired) electrons. The van der Waals surface area contributed by atoms with Crippen molar-refractivity contribution in [3.05, 3.63) is 33.9 Å². The smallest absolute Gasteiger partial charge is 0.359 e. The maximum Gasteiger partial charge on any atom is 0.359 e. The third-order valence-corrected chi connectivity index (χ3v) is 5.72. The normalized spacial score (nSPS) is 25.2. The second-order valence-electron chi connectivity index (χ2n) is 6.53. The molecule has 7 nitrogen and oxygen atoms in total. The van der Waals surface area contributed by atoms with Gasteiger partial charge in [-0.15, -0.1) is 0 Å². The third-order valence-electron chi connectivity index (χ3n) is 4.98. The lowest BCUT2D eigenvalue weighted by molar-refractivity contribution is 0.0682. The molecular formula is C16H16Cl2N4O3. The molecule has 4 rings (SSSR count). The van der Waals surface area contributed by atoms with Crippen LogP contribution in [-0.2, 0) is 0 Å². The third kappa shape index (κ3) is 3.14. The van der Waals surface area contributed by atoms with Gasteiger partial charge in [-0.2, -0.15) is 0 Å². The summed E-state index contributed by atoms with van der Waals surface area (Å²) in [6.07, 6.45) is 1.71. The van der Waals surface area contributed by atoms with Crippen molar-refractivity contribution in [3.8, 4) is 5.88 Å². The molecule has 9 heteroatoms. The molecule has 2 aromatic rings. The maximum atomic E-state index is 11.1. The number of carboxylic acid groups (broad SMARTS) is 1. The number of aromatic carboxylic acids is 1. The SMILES string of the molecule is O=C(O)c1[nH]nnc1OC1C[C@@H]2CN(c3ccc(Cl)c(Cl)c3)C[C@@H]2C1. The monoisotopic (exact) mass is 382 g/mol. The average molecular weight is 383 g/mol. The predicted molar refractivity (Wildman–Crippen MR) is 92.6 cm³/mol. The highest BCUT2D eigenvalue weighted by Crippen LogP contribution is 2.42. The van der Waals surface area contributed by atoms with Crippen LogP contribution in [0.4, 0.5) is 5.69 Å². The number of carboxylic acids is 1. The van der Waals surface area contributed by atoms with Crippen LogP contribution in [0.1, 0.15) is 23.3 Å². The van der Waals surface area contributed by atoms with Crippen LogP contribution in [0.25, 0.3) is 0 Å². The first-order valence-corrected chi connectivity index (χ1v) is 8.78. The van der Waals surface area contributed by atoms with Crippen molar-refractivity contribution < 1.29 is 14.6 Å². The van der Waals surface area contributed by atoms with Crippen LogP contribution in [0, 0.1) is 11.8 Å². The molecule has 0 spiro atoms. The van der Waals surface area contributed by atoms with Crippen LogP contribution in [0.3, 0.4) is 0 Å². The van der Waals surface area contributed by atoms with E-state index in [0.717, 1.165) is 31.6 Å². The Kier molecular flexibility index (Phi) is 4.21. The van der Waals surface area contributed by atoms with Crippen molar-refractivity contribution in [2.24, 2.45) is 11.8 Å². The summed E-state index contributed by atoms with van der Waals surface area (Å²) in [6.45, 7) is 1.85. The van der Waals surface area contributed by atoms with Gasteiger partial charge < -0.3 is 14.7 Å². The molecule has 1 aliphatic heterocycles. The molecule has 1 saturated carbocycles. The zero-order valence-electron chi connectivity index (χ0n) is 13.2. The zero-order valence-corrected chi connectivity index (χ0v) is 14.7. The van der Waals surface area contributed by atoms with E-state index >= 15 is 0 Å². The molecule has 1 unspecified atom stereocenters. The summed E-state index contributed by atoms with van der Waals surface area (Å²) in [5, 5.41) is 19.8. The van der Waals surface area contributed by atoms with Gasteiger partial charge in [0.1, 0.15) is 6.10 Å². The average Bonchev–Trinajstić information content (AvgIpc) is 3.24. The van der Waals surface area contributed by atoms with Crippen molar-refractivity contribution >= 4 is 34.9 Å². The fraction of sp³-hybridized carbons (Fsp3) is 0.438. The number of hydrogen-bond acceptors (Lipinski definition) is 5. The molecular weight excluding hydrogens is 367 g/mol. The van der Waals surface area contributed by atoms with E-state index in [1.54, 1.807) is 0 Å². The Morgan fingerprint density at radius 2 is 1.96 bits per heavy atom. The number of fused-ring (bicyclic) bond motifs is 1. The van der Waals surface area contributed by atoms with E-state index in [2.05, 4.69) is 20.3 Å². The minimum atomic E-state index is -1.12. The highest BCUT2D eigenvalue weighted by atomic mass is 35.5. The Labute approximate surface area is 153 Å².